The van der Waals surface area contributed by atoms with Crippen molar-refractivity contribution in [1.29, 1.82) is 0 Å². The van der Waals surface area contributed by atoms with Crippen molar-refractivity contribution >= 4 is 34.9 Å². The highest BCUT2D eigenvalue weighted by atomic mass is 35.5. The monoisotopic (exact) mass is 546 g/mol. The molecule has 3 heterocycles. The summed E-state index contributed by atoms with van der Waals surface area (Å²) in [6.45, 7) is 1.37. The standard InChI is InChI=1S/C26H25F3N6O2.ClH/c1-33(25(36)17-7-9-19(10-8-17)37-26(27,28)29)18-12-15-35(16-13-18)24-21-6-4-3-5-20(21)23(31-32-24)22-11-14-30-34(22)2;/h3-11,14,18H,12-13,15-16H2,1-2H3;1H. The molecule has 1 aliphatic rings. The van der Waals surface area contributed by atoms with Gasteiger partial charge in [-0.05, 0) is 43.2 Å². The van der Waals surface area contributed by atoms with Crippen molar-refractivity contribution in [1.82, 2.24) is 24.9 Å². The highest BCUT2D eigenvalue weighted by molar-refractivity contribution is 6.00. The lowest BCUT2D eigenvalue weighted by atomic mass is 10.0. The Morgan fingerprint density at radius 1 is 1.00 bits per heavy atom. The van der Waals surface area contributed by atoms with Crippen molar-refractivity contribution in [2.45, 2.75) is 25.2 Å². The van der Waals surface area contributed by atoms with Crippen molar-refractivity contribution in [2.24, 2.45) is 7.05 Å². The summed E-state index contributed by atoms with van der Waals surface area (Å²) in [5, 5.41) is 15.3. The molecule has 38 heavy (non-hydrogen) atoms. The molecule has 1 saturated heterocycles. The van der Waals surface area contributed by atoms with E-state index in [0.717, 1.165) is 53.0 Å². The predicted molar refractivity (Wildman–Crippen MR) is 139 cm³/mol. The number of halogens is 4. The van der Waals surface area contributed by atoms with Crippen molar-refractivity contribution in [3.63, 3.8) is 0 Å². The van der Waals surface area contributed by atoms with Gasteiger partial charge in [-0.15, -0.1) is 35.8 Å². The van der Waals surface area contributed by atoms with Gasteiger partial charge in [0.05, 0.1) is 5.69 Å². The number of nitrogens with zero attached hydrogens (tertiary/aromatic N) is 6. The fourth-order valence-corrected chi connectivity index (χ4v) is 4.75. The van der Waals surface area contributed by atoms with Gasteiger partial charge in [-0.2, -0.15) is 5.10 Å². The largest absolute Gasteiger partial charge is 0.573 e. The highest BCUT2D eigenvalue weighted by Gasteiger charge is 2.31. The Morgan fingerprint density at radius 2 is 1.66 bits per heavy atom. The van der Waals surface area contributed by atoms with Crippen LogP contribution >= 0.6 is 12.4 Å². The van der Waals surface area contributed by atoms with Gasteiger partial charge in [-0.1, -0.05) is 24.3 Å². The van der Waals surface area contributed by atoms with Crippen LogP contribution in [0.15, 0.2) is 60.8 Å². The molecular weight excluding hydrogens is 521 g/mol. The van der Waals surface area contributed by atoms with Gasteiger partial charge < -0.3 is 14.5 Å². The number of ether oxygens (including phenoxy) is 1. The summed E-state index contributed by atoms with van der Waals surface area (Å²) in [7, 11) is 3.59. The zero-order chi connectivity index (χ0) is 26.2. The average molecular weight is 547 g/mol. The van der Waals surface area contributed by atoms with E-state index in [9.17, 15) is 18.0 Å². The van der Waals surface area contributed by atoms with Gasteiger partial charge in [0, 0.05) is 55.8 Å². The maximum Gasteiger partial charge on any atom is 0.573 e. The van der Waals surface area contributed by atoms with Gasteiger partial charge >= 0.3 is 6.36 Å². The molecule has 0 aliphatic carbocycles. The van der Waals surface area contributed by atoms with Gasteiger partial charge in [-0.25, -0.2) is 0 Å². The number of fused-ring (bicyclic) bond motifs is 1. The summed E-state index contributed by atoms with van der Waals surface area (Å²) in [6.07, 6.45) is -1.61. The molecule has 200 valence electrons. The second kappa shape index (κ2) is 10.9. The first kappa shape index (κ1) is 27.2. The molecule has 2 aromatic carbocycles. The number of benzene rings is 2. The molecule has 0 radical (unpaired) electrons. The van der Waals surface area contributed by atoms with Gasteiger partial charge in [0.2, 0.25) is 0 Å². The minimum absolute atomic E-state index is 0. The number of aromatic nitrogens is 4. The first-order chi connectivity index (χ1) is 17.7. The van der Waals surface area contributed by atoms with Gasteiger partial charge in [-0.3, -0.25) is 9.48 Å². The first-order valence-electron chi connectivity index (χ1n) is 11.8. The van der Waals surface area contributed by atoms with Crippen LogP contribution in [0.3, 0.4) is 0 Å². The normalized spacial score (nSPS) is 14.3. The van der Waals surface area contributed by atoms with Crippen LogP contribution < -0.4 is 9.64 Å². The van der Waals surface area contributed by atoms with Crippen LogP contribution in [0.2, 0.25) is 0 Å². The smallest absolute Gasteiger partial charge is 0.406 e. The number of hydrogen-bond donors (Lipinski definition) is 0. The molecule has 8 nitrogen and oxygen atoms in total. The number of hydrogen-bond acceptors (Lipinski definition) is 6. The SMILES string of the molecule is CN(C(=O)c1ccc(OC(F)(F)F)cc1)C1CCN(c2nnc(-c3ccnn3C)c3ccccc23)CC1.Cl. The van der Waals surface area contributed by atoms with Gasteiger partial charge in [0.15, 0.2) is 5.82 Å². The number of aryl methyl sites for hydroxylation is 1. The van der Waals surface area contributed by atoms with Gasteiger partial charge in [0.1, 0.15) is 11.4 Å². The number of carbonyl (C=O) groups is 1. The molecule has 0 bridgehead atoms. The topological polar surface area (TPSA) is 76.4 Å². The van der Waals surface area contributed by atoms with E-state index in [2.05, 4.69) is 24.9 Å². The van der Waals surface area contributed by atoms with Gasteiger partial charge in [0.25, 0.3) is 5.91 Å². The van der Waals surface area contributed by atoms with Crippen molar-refractivity contribution < 1.29 is 22.7 Å². The van der Waals surface area contributed by atoms with E-state index in [1.54, 1.807) is 22.8 Å². The summed E-state index contributed by atoms with van der Waals surface area (Å²) in [5.41, 5.74) is 1.96. The molecule has 2 aromatic heterocycles. The summed E-state index contributed by atoms with van der Waals surface area (Å²) in [5.74, 6) is 0.194. The molecule has 0 saturated carbocycles. The average Bonchev–Trinajstić information content (AvgIpc) is 3.32. The summed E-state index contributed by atoms with van der Waals surface area (Å²) < 4.78 is 42.9. The minimum Gasteiger partial charge on any atom is -0.406 e. The fraction of sp³-hybridized carbons (Fsp3) is 0.308. The van der Waals surface area contributed by atoms with E-state index in [-0.39, 0.29) is 30.1 Å². The lowest BCUT2D eigenvalue weighted by Gasteiger charge is -2.37. The third-order valence-corrected chi connectivity index (χ3v) is 6.70. The quantitative estimate of drug-likeness (QED) is 0.347. The molecular formula is C26H26ClF3N6O2. The third-order valence-electron chi connectivity index (χ3n) is 6.70. The molecule has 4 aromatic rings. The molecule has 5 rings (SSSR count). The summed E-state index contributed by atoms with van der Waals surface area (Å²) in [6, 6.07) is 14.9. The Labute approximate surface area is 223 Å². The maximum atomic E-state index is 13.0. The fourth-order valence-electron chi connectivity index (χ4n) is 4.75. The Balaban J connectivity index is 0.00000336. The minimum atomic E-state index is -4.77. The maximum absolute atomic E-state index is 13.0. The first-order valence-corrected chi connectivity index (χ1v) is 11.8. The summed E-state index contributed by atoms with van der Waals surface area (Å²) in [4.78, 5) is 16.8. The van der Waals surface area contributed by atoms with Crippen LogP contribution in [0.5, 0.6) is 5.75 Å². The van der Waals surface area contributed by atoms with Crippen LogP contribution in [0.25, 0.3) is 22.2 Å². The van der Waals surface area contributed by atoms with E-state index in [1.807, 2.05) is 37.4 Å². The number of carbonyl (C=O) groups excluding carboxylic acids is 1. The molecule has 1 fully saturated rings. The number of rotatable bonds is 5. The van der Waals surface area contributed by atoms with Crippen molar-refractivity contribution in [3.8, 4) is 17.1 Å². The second-order valence-electron chi connectivity index (χ2n) is 8.96. The molecule has 0 atom stereocenters. The molecule has 0 unspecified atom stereocenters. The molecule has 1 aliphatic heterocycles. The van der Waals surface area contributed by atoms with Crippen molar-refractivity contribution in [2.75, 3.05) is 25.0 Å². The lowest BCUT2D eigenvalue weighted by Crippen LogP contribution is -2.46. The van der Waals surface area contributed by atoms with E-state index in [1.165, 1.54) is 12.1 Å². The number of piperidine rings is 1. The predicted octanol–water partition coefficient (Wildman–Crippen LogP) is 5.09. The number of amides is 1. The zero-order valence-corrected chi connectivity index (χ0v) is 21.5. The molecule has 12 heteroatoms. The number of anilines is 1. The van der Waals surface area contributed by atoms with Crippen LogP contribution in [-0.2, 0) is 7.05 Å². The Morgan fingerprint density at radius 3 is 2.26 bits per heavy atom. The van der Waals surface area contributed by atoms with Crippen molar-refractivity contribution in [3.05, 3.63) is 66.4 Å². The zero-order valence-electron chi connectivity index (χ0n) is 20.7. The Kier molecular flexibility index (Phi) is 7.77. The van der Waals surface area contributed by atoms with E-state index < -0.39 is 6.36 Å². The lowest BCUT2D eigenvalue weighted by molar-refractivity contribution is -0.274. The second-order valence-corrected chi connectivity index (χ2v) is 8.96. The third kappa shape index (κ3) is 5.52. The number of alkyl halides is 3. The van der Waals surface area contributed by atoms with Crippen LogP contribution in [-0.4, -0.2) is 63.3 Å². The highest BCUT2D eigenvalue weighted by Crippen LogP contribution is 2.33. The van der Waals surface area contributed by atoms with Crippen LogP contribution in [0, 0.1) is 0 Å². The molecule has 1 amide bonds. The Bertz CT molecular complexity index is 1420. The van der Waals surface area contributed by atoms with E-state index in [0.29, 0.717) is 18.7 Å². The summed E-state index contributed by atoms with van der Waals surface area (Å²) >= 11 is 0. The molecule has 0 N–H and O–H groups in total. The Hall–Kier alpha value is -3.86. The molecule has 0 spiro atoms. The van der Waals surface area contributed by atoms with E-state index in [4.69, 9.17) is 0 Å². The van der Waals surface area contributed by atoms with E-state index >= 15 is 0 Å². The van der Waals surface area contributed by atoms with Crippen LogP contribution in [0.4, 0.5) is 19.0 Å². The van der Waals surface area contributed by atoms with Crippen LogP contribution in [0.1, 0.15) is 23.2 Å².